The number of benzene rings is 2. The molecule has 0 radical (unpaired) electrons. The molecule has 4 aliphatic heterocycles. The standard InChI is InChI=1S/C82H126F2N2O14/c1-5-7-27-37-73(99-77(91)53-55-85-65-49-51-69(85)79(81(93)95-3)67(59-65)61-41-45-63(83)46-42-61)71(87)35-29-21-15-9-11-17-23-31-39-75(89)97-57-33-25-19-13-14-20-26-34-58-98-76(90)40-32-24-18-12-10-16-22-30-36-72(88)74(38-28-8-6-2)100-78(92)54-56-86-66-50-52-70(86)80(82(94)96-4)68(60-66)62-43-47-64(84)48-44-62/h21-22,29-30,41-48,65-74,79-80,87-88H,5-20,23-28,31-40,49-60H2,1-4H3/t65?,66?,67-,68+,69?,70?,71?,72?,73?,74?,79?,80?. The molecule has 0 amide bonds. The maximum absolute atomic E-state index is 13.8. The van der Waals surface area contributed by atoms with E-state index in [0.29, 0.717) is 64.8 Å². The van der Waals surface area contributed by atoms with E-state index in [-0.39, 0.29) is 96.3 Å². The predicted molar refractivity (Wildman–Crippen MR) is 386 cm³/mol. The number of halogens is 2. The lowest BCUT2D eigenvalue weighted by Gasteiger charge is -2.43. The van der Waals surface area contributed by atoms with Gasteiger partial charge in [0, 0.05) is 61.9 Å². The van der Waals surface area contributed by atoms with E-state index in [0.717, 1.165) is 217 Å². The molecule has 0 aromatic heterocycles. The second-order valence-corrected chi connectivity index (χ2v) is 28.9. The minimum atomic E-state index is -0.798. The molecule has 100 heavy (non-hydrogen) atoms. The molecule has 0 spiro atoms. The fourth-order valence-electron chi connectivity index (χ4n) is 16.0. The summed E-state index contributed by atoms with van der Waals surface area (Å²) >= 11 is 0. The average molecular weight is 1400 g/mol. The van der Waals surface area contributed by atoms with Gasteiger partial charge in [0.2, 0.25) is 0 Å². The molecule has 4 aliphatic rings. The summed E-state index contributed by atoms with van der Waals surface area (Å²) in [7, 11) is 2.81. The van der Waals surface area contributed by atoms with Crippen molar-refractivity contribution in [3.63, 3.8) is 0 Å². The molecule has 18 heteroatoms. The molecule has 10 unspecified atom stereocenters. The molecule has 0 saturated carbocycles. The summed E-state index contributed by atoms with van der Waals surface area (Å²) in [6.45, 7) is 6.12. The largest absolute Gasteiger partial charge is 0.469 e. The van der Waals surface area contributed by atoms with Crippen molar-refractivity contribution >= 4 is 35.8 Å². The van der Waals surface area contributed by atoms with Crippen LogP contribution in [0.5, 0.6) is 0 Å². The first-order valence-electron chi connectivity index (χ1n) is 39.2. The number of ether oxygens (including phenoxy) is 6. The number of carbonyl (C=O) groups excluding carboxylic acids is 6. The van der Waals surface area contributed by atoms with E-state index < -0.39 is 36.3 Å². The third-order valence-corrected chi connectivity index (χ3v) is 21.6. The number of fused-ring (bicyclic) bond motifs is 4. The van der Waals surface area contributed by atoms with Gasteiger partial charge in [-0.2, -0.15) is 0 Å². The quantitative estimate of drug-likeness (QED) is 0.0273. The van der Waals surface area contributed by atoms with Crippen molar-refractivity contribution in [2.45, 2.75) is 331 Å². The van der Waals surface area contributed by atoms with Crippen LogP contribution in [-0.4, -0.2) is 145 Å². The second kappa shape index (κ2) is 48.4. The monoisotopic (exact) mass is 1400 g/mol. The van der Waals surface area contributed by atoms with Gasteiger partial charge in [-0.3, -0.25) is 38.6 Å². The molecule has 2 aromatic rings. The molecular formula is C82H126F2N2O14. The fourth-order valence-corrected chi connectivity index (χ4v) is 16.0. The predicted octanol–water partition coefficient (Wildman–Crippen LogP) is 16.9. The lowest BCUT2D eigenvalue weighted by Crippen LogP contribution is -2.51. The van der Waals surface area contributed by atoms with Gasteiger partial charge in [0.25, 0.3) is 0 Å². The first kappa shape index (κ1) is 83.4. The number of aliphatic hydroxyl groups is 2. The molecule has 12 atom stereocenters. The number of nitrogens with zero attached hydrogens (tertiary/aromatic N) is 2. The molecule has 2 N–H and O–H groups in total. The van der Waals surface area contributed by atoms with E-state index >= 15 is 0 Å². The highest BCUT2D eigenvalue weighted by Crippen LogP contribution is 2.49. The first-order chi connectivity index (χ1) is 48.6. The van der Waals surface area contributed by atoms with Crippen LogP contribution in [0.4, 0.5) is 8.78 Å². The van der Waals surface area contributed by atoms with Crippen LogP contribution in [0, 0.1) is 23.5 Å². The van der Waals surface area contributed by atoms with Crippen LogP contribution in [0.2, 0.25) is 0 Å². The maximum Gasteiger partial charge on any atom is 0.310 e. The Morgan fingerprint density at radius 3 is 1.18 bits per heavy atom. The number of rotatable bonds is 53. The van der Waals surface area contributed by atoms with E-state index in [2.05, 4.69) is 35.8 Å². The molecule has 4 bridgehead atoms. The van der Waals surface area contributed by atoms with Crippen molar-refractivity contribution < 1.29 is 76.2 Å². The van der Waals surface area contributed by atoms with Gasteiger partial charge in [-0.15, -0.1) is 0 Å². The summed E-state index contributed by atoms with van der Waals surface area (Å²) in [6, 6.07) is 13.1. The number of hydrogen-bond donors (Lipinski definition) is 2. The van der Waals surface area contributed by atoms with Crippen LogP contribution in [-0.2, 0) is 57.2 Å². The number of esters is 6. The van der Waals surface area contributed by atoms with Crippen molar-refractivity contribution in [1.82, 2.24) is 9.80 Å². The normalized spacial score (nSPS) is 21.8. The van der Waals surface area contributed by atoms with Crippen LogP contribution in [0.1, 0.15) is 294 Å². The number of hydrogen-bond acceptors (Lipinski definition) is 16. The Bertz CT molecular complexity index is 2530. The van der Waals surface area contributed by atoms with Gasteiger partial charge in [0.15, 0.2) is 0 Å². The van der Waals surface area contributed by atoms with Gasteiger partial charge in [-0.05, 0) is 164 Å². The highest BCUT2D eigenvalue weighted by atomic mass is 19.1. The maximum atomic E-state index is 13.8. The number of carbonyl (C=O) groups is 6. The SMILES string of the molecule is CCCCCC(OC(=O)CCN1C2CCC1C(C(=O)OC)[C@@H](c1ccc(F)cc1)C2)C(O)CC=CCCCCCCCC(=O)OCCCCCCCCCCOC(=O)CCCCCCCC=CCC(O)C(CCCCC)OC(=O)CCN1C2CCC1C(C(=O)OC)[C@H](c1ccc(F)cc1)C2. The van der Waals surface area contributed by atoms with Gasteiger partial charge >= 0.3 is 35.8 Å². The Kier molecular flexibility index (Phi) is 40.4. The highest BCUT2D eigenvalue weighted by molar-refractivity contribution is 5.76. The first-order valence-corrected chi connectivity index (χ1v) is 39.2. The second-order valence-electron chi connectivity index (χ2n) is 28.9. The molecule has 4 heterocycles. The number of methoxy groups -OCH3 is 2. The van der Waals surface area contributed by atoms with Crippen LogP contribution in [0.15, 0.2) is 72.8 Å². The van der Waals surface area contributed by atoms with Gasteiger partial charge in [0.05, 0.1) is 64.3 Å². The lowest BCUT2D eigenvalue weighted by atomic mass is 9.76. The van der Waals surface area contributed by atoms with E-state index in [9.17, 15) is 47.8 Å². The minimum absolute atomic E-state index is 0.0754. The molecule has 16 nitrogen and oxygen atoms in total. The van der Waals surface area contributed by atoms with Crippen LogP contribution < -0.4 is 0 Å². The van der Waals surface area contributed by atoms with E-state index in [4.69, 9.17) is 28.4 Å². The van der Waals surface area contributed by atoms with Crippen LogP contribution in [0.3, 0.4) is 0 Å². The Balaban J connectivity index is 0.688. The fraction of sp³-hybridized carbons (Fsp3) is 0.732. The van der Waals surface area contributed by atoms with E-state index in [1.807, 2.05) is 12.2 Å². The Labute approximate surface area is 598 Å². The zero-order valence-electron chi connectivity index (χ0n) is 61.4. The Morgan fingerprint density at radius 2 is 0.810 bits per heavy atom. The van der Waals surface area contributed by atoms with Crippen molar-refractivity contribution in [3.05, 3.63) is 95.6 Å². The summed E-state index contributed by atoms with van der Waals surface area (Å²) in [5, 5.41) is 22.4. The highest BCUT2D eigenvalue weighted by Gasteiger charge is 2.52. The summed E-state index contributed by atoms with van der Waals surface area (Å²) in [5.74, 6) is -3.07. The van der Waals surface area contributed by atoms with E-state index in [1.165, 1.54) is 38.5 Å². The van der Waals surface area contributed by atoms with Gasteiger partial charge in [-0.25, -0.2) is 8.78 Å². The average Bonchev–Trinajstić information content (AvgIpc) is 1.55. The summed E-state index contributed by atoms with van der Waals surface area (Å²) in [4.78, 5) is 82.2. The third kappa shape index (κ3) is 29.7. The van der Waals surface area contributed by atoms with Crippen molar-refractivity contribution in [2.24, 2.45) is 11.8 Å². The summed E-state index contributed by atoms with van der Waals surface area (Å²) in [6.07, 6.45) is 39.4. The zero-order valence-corrected chi connectivity index (χ0v) is 61.4. The molecule has 6 rings (SSSR count). The van der Waals surface area contributed by atoms with Crippen LogP contribution in [0.25, 0.3) is 0 Å². The number of allylic oxidation sites excluding steroid dienone is 2. The summed E-state index contributed by atoms with van der Waals surface area (Å²) < 4.78 is 61.0. The van der Waals surface area contributed by atoms with Crippen LogP contribution >= 0.6 is 0 Å². The molecule has 2 aromatic carbocycles. The number of aliphatic hydroxyl groups excluding tert-OH is 2. The van der Waals surface area contributed by atoms with Gasteiger partial charge in [-0.1, -0.05) is 165 Å². The van der Waals surface area contributed by atoms with E-state index in [1.54, 1.807) is 24.3 Å². The van der Waals surface area contributed by atoms with Crippen molar-refractivity contribution in [2.75, 3.05) is 40.5 Å². The zero-order chi connectivity index (χ0) is 71.7. The number of piperidine rings is 2. The molecular weight excluding hydrogens is 1270 g/mol. The smallest absolute Gasteiger partial charge is 0.310 e. The summed E-state index contributed by atoms with van der Waals surface area (Å²) in [5.41, 5.74) is 1.86. The Morgan fingerprint density at radius 1 is 0.450 bits per heavy atom. The number of unbranched alkanes of at least 4 members (excludes halogenated alkanes) is 21. The third-order valence-electron chi connectivity index (χ3n) is 21.6. The molecule has 4 fully saturated rings. The lowest BCUT2D eigenvalue weighted by molar-refractivity contribution is -0.158. The molecule has 4 saturated heterocycles. The Hall–Kier alpha value is -5.56. The minimum Gasteiger partial charge on any atom is -0.469 e. The van der Waals surface area contributed by atoms with Crippen molar-refractivity contribution in [1.29, 1.82) is 0 Å². The molecule has 562 valence electrons. The van der Waals surface area contributed by atoms with Gasteiger partial charge < -0.3 is 38.6 Å². The topological polar surface area (TPSA) is 205 Å². The van der Waals surface area contributed by atoms with Crippen molar-refractivity contribution in [3.8, 4) is 0 Å². The molecule has 0 aliphatic carbocycles. The van der Waals surface area contributed by atoms with Gasteiger partial charge in [0.1, 0.15) is 23.8 Å².